The van der Waals surface area contributed by atoms with Crippen LogP contribution in [0.25, 0.3) is 11.1 Å². The van der Waals surface area contributed by atoms with Gasteiger partial charge in [-0.25, -0.2) is 0 Å². The molecular formula is C27H33N3O2. The van der Waals surface area contributed by atoms with Gasteiger partial charge >= 0.3 is 0 Å². The van der Waals surface area contributed by atoms with Crippen molar-refractivity contribution in [2.45, 2.75) is 38.5 Å². The highest BCUT2D eigenvalue weighted by atomic mass is 16.2. The van der Waals surface area contributed by atoms with Gasteiger partial charge in [0.25, 0.3) is 0 Å². The molecule has 1 aliphatic carbocycles. The van der Waals surface area contributed by atoms with Crippen LogP contribution in [0, 0.1) is 11.3 Å². The Morgan fingerprint density at radius 1 is 1.19 bits per heavy atom. The van der Waals surface area contributed by atoms with E-state index in [2.05, 4.69) is 35.3 Å². The molecule has 2 atom stereocenters. The van der Waals surface area contributed by atoms with Crippen LogP contribution in [0.4, 0.5) is 0 Å². The summed E-state index contributed by atoms with van der Waals surface area (Å²) >= 11 is 0. The van der Waals surface area contributed by atoms with Crippen molar-refractivity contribution in [1.82, 2.24) is 14.8 Å². The maximum Gasteiger partial charge on any atom is 0.230 e. The van der Waals surface area contributed by atoms with Crippen molar-refractivity contribution >= 4 is 11.8 Å². The summed E-state index contributed by atoms with van der Waals surface area (Å²) in [5.74, 6) is 0.642. The molecule has 0 spiro atoms. The smallest absolute Gasteiger partial charge is 0.230 e. The SMILES string of the molecule is CN(C)C(=O)[C@@]1(Cc2cccc(-c3cccnc3)c2)CCCN(C(=O)C[C@@H]2C=CCC2)C1. The van der Waals surface area contributed by atoms with Gasteiger partial charge < -0.3 is 9.80 Å². The summed E-state index contributed by atoms with van der Waals surface area (Å²) in [6.07, 6.45) is 12.9. The molecule has 2 amide bonds. The summed E-state index contributed by atoms with van der Waals surface area (Å²) in [7, 11) is 3.64. The van der Waals surface area contributed by atoms with E-state index < -0.39 is 5.41 Å². The van der Waals surface area contributed by atoms with Crippen molar-refractivity contribution < 1.29 is 9.59 Å². The fourth-order valence-corrected chi connectivity index (χ4v) is 5.22. The molecule has 2 heterocycles. The lowest BCUT2D eigenvalue weighted by Crippen LogP contribution is -2.54. The average molecular weight is 432 g/mol. The number of rotatable bonds is 6. The molecule has 1 saturated heterocycles. The highest BCUT2D eigenvalue weighted by Crippen LogP contribution is 2.37. The van der Waals surface area contributed by atoms with Crippen LogP contribution >= 0.6 is 0 Å². The molecule has 1 aromatic carbocycles. The Morgan fingerprint density at radius 3 is 2.75 bits per heavy atom. The fourth-order valence-electron chi connectivity index (χ4n) is 5.22. The van der Waals surface area contributed by atoms with Gasteiger partial charge in [0.1, 0.15) is 0 Å². The van der Waals surface area contributed by atoms with Crippen LogP contribution in [0.15, 0.2) is 60.9 Å². The molecule has 0 unspecified atom stereocenters. The summed E-state index contributed by atoms with van der Waals surface area (Å²) in [4.78, 5) is 34.4. The molecule has 2 aromatic rings. The number of carbonyl (C=O) groups is 2. The Labute approximate surface area is 191 Å². The van der Waals surface area contributed by atoms with Gasteiger partial charge in [-0.2, -0.15) is 0 Å². The molecule has 4 rings (SSSR count). The first-order chi connectivity index (χ1) is 15.5. The molecule has 1 fully saturated rings. The van der Waals surface area contributed by atoms with Crippen LogP contribution in [0.1, 0.15) is 37.7 Å². The Kier molecular flexibility index (Phi) is 6.73. The predicted molar refractivity (Wildman–Crippen MR) is 127 cm³/mol. The maximum absolute atomic E-state index is 13.5. The van der Waals surface area contributed by atoms with Crippen molar-refractivity contribution in [3.8, 4) is 11.1 Å². The zero-order chi connectivity index (χ0) is 22.6. The van der Waals surface area contributed by atoms with E-state index in [9.17, 15) is 9.59 Å². The average Bonchev–Trinajstić information content (AvgIpc) is 3.32. The lowest BCUT2D eigenvalue weighted by Gasteiger charge is -2.43. The van der Waals surface area contributed by atoms with Crippen LogP contribution < -0.4 is 0 Å². The van der Waals surface area contributed by atoms with Crippen molar-refractivity contribution in [2.75, 3.05) is 27.2 Å². The third kappa shape index (κ3) is 4.93. The van der Waals surface area contributed by atoms with E-state index in [0.717, 1.165) is 48.9 Å². The number of hydrogen-bond acceptors (Lipinski definition) is 3. The third-order valence-electron chi connectivity index (χ3n) is 6.80. The second kappa shape index (κ2) is 9.68. The first-order valence-corrected chi connectivity index (χ1v) is 11.6. The van der Waals surface area contributed by atoms with Gasteiger partial charge in [0, 0.05) is 46.0 Å². The van der Waals surface area contributed by atoms with E-state index in [4.69, 9.17) is 0 Å². The van der Waals surface area contributed by atoms with Crippen molar-refractivity contribution in [3.05, 3.63) is 66.5 Å². The summed E-state index contributed by atoms with van der Waals surface area (Å²) in [5.41, 5.74) is 2.69. The number of aromatic nitrogens is 1. The molecule has 1 aromatic heterocycles. The lowest BCUT2D eigenvalue weighted by molar-refractivity contribution is -0.147. The second-order valence-electron chi connectivity index (χ2n) is 9.49. The van der Waals surface area contributed by atoms with E-state index in [1.165, 1.54) is 0 Å². The van der Waals surface area contributed by atoms with E-state index >= 15 is 0 Å². The molecule has 0 radical (unpaired) electrons. The predicted octanol–water partition coefficient (Wildman–Crippen LogP) is 4.34. The van der Waals surface area contributed by atoms with Crippen molar-refractivity contribution in [3.63, 3.8) is 0 Å². The van der Waals surface area contributed by atoms with Gasteiger partial charge in [-0.3, -0.25) is 14.6 Å². The zero-order valence-electron chi connectivity index (χ0n) is 19.2. The van der Waals surface area contributed by atoms with Gasteiger partial charge in [0.05, 0.1) is 5.41 Å². The number of nitrogens with zero attached hydrogens (tertiary/aromatic N) is 3. The summed E-state index contributed by atoms with van der Waals surface area (Å²) < 4.78 is 0. The first kappa shape index (κ1) is 22.3. The summed E-state index contributed by atoms with van der Waals surface area (Å²) in [5, 5.41) is 0. The molecule has 32 heavy (non-hydrogen) atoms. The molecule has 2 aliphatic rings. The second-order valence-corrected chi connectivity index (χ2v) is 9.49. The normalized spacial score (nSPS) is 22.7. The van der Waals surface area contributed by atoms with Gasteiger partial charge in [-0.1, -0.05) is 42.5 Å². The van der Waals surface area contributed by atoms with Gasteiger partial charge in [0.15, 0.2) is 0 Å². The lowest BCUT2D eigenvalue weighted by atomic mass is 9.73. The number of allylic oxidation sites excluding steroid dienone is 2. The quantitative estimate of drug-likeness (QED) is 0.639. The molecule has 5 nitrogen and oxygen atoms in total. The monoisotopic (exact) mass is 431 g/mol. The largest absolute Gasteiger partial charge is 0.348 e. The molecule has 0 bridgehead atoms. The standard InChI is InChI=1S/C27H33N3O2/c1-29(2)26(32)27(13-7-15-30(20-27)25(31)17-21-8-3-4-9-21)18-22-10-5-11-23(16-22)24-12-6-14-28-19-24/h3,5-6,8,10-12,14,16,19,21H,4,7,9,13,15,17-18,20H2,1-2H3/t21-,27-/m1/s1. The molecule has 5 heteroatoms. The Hall–Kier alpha value is -2.95. The van der Waals surface area contributed by atoms with E-state index in [1.54, 1.807) is 11.1 Å². The molecule has 168 valence electrons. The number of hydrogen-bond donors (Lipinski definition) is 0. The number of benzene rings is 1. The molecule has 0 N–H and O–H groups in total. The Morgan fingerprint density at radius 2 is 2.03 bits per heavy atom. The van der Waals surface area contributed by atoms with Crippen LogP contribution in [-0.2, 0) is 16.0 Å². The number of likely N-dealkylation sites (tertiary alicyclic amines) is 1. The van der Waals surface area contributed by atoms with E-state index in [1.807, 2.05) is 43.4 Å². The summed E-state index contributed by atoms with van der Waals surface area (Å²) in [6.45, 7) is 1.24. The number of amides is 2. The zero-order valence-corrected chi connectivity index (χ0v) is 19.2. The number of carbonyl (C=O) groups excluding carboxylic acids is 2. The Bertz CT molecular complexity index is 985. The van der Waals surface area contributed by atoms with Crippen molar-refractivity contribution in [1.29, 1.82) is 0 Å². The van der Waals surface area contributed by atoms with Gasteiger partial charge in [-0.15, -0.1) is 0 Å². The maximum atomic E-state index is 13.5. The van der Waals surface area contributed by atoms with E-state index in [-0.39, 0.29) is 11.8 Å². The van der Waals surface area contributed by atoms with Crippen LogP contribution in [0.2, 0.25) is 0 Å². The minimum absolute atomic E-state index is 0.113. The first-order valence-electron chi connectivity index (χ1n) is 11.6. The highest BCUT2D eigenvalue weighted by Gasteiger charge is 2.44. The fraction of sp³-hybridized carbons (Fsp3) is 0.444. The number of pyridine rings is 1. The van der Waals surface area contributed by atoms with Gasteiger partial charge in [0.2, 0.25) is 11.8 Å². The van der Waals surface area contributed by atoms with Crippen LogP contribution in [0.3, 0.4) is 0 Å². The van der Waals surface area contributed by atoms with Crippen molar-refractivity contribution in [2.24, 2.45) is 11.3 Å². The minimum atomic E-state index is -0.587. The third-order valence-corrected chi connectivity index (χ3v) is 6.80. The topological polar surface area (TPSA) is 53.5 Å². The molecular weight excluding hydrogens is 398 g/mol. The minimum Gasteiger partial charge on any atom is -0.348 e. The van der Waals surface area contributed by atoms with Crippen LogP contribution in [0.5, 0.6) is 0 Å². The Balaban J connectivity index is 1.57. The van der Waals surface area contributed by atoms with Gasteiger partial charge in [-0.05, 0) is 60.8 Å². The highest BCUT2D eigenvalue weighted by molar-refractivity contribution is 5.85. The van der Waals surface area contributed by atoms with E-state index in [0.29, 0.717) is 25.3 Å². The van der Waals surface area contributed by atoms with Crippen LogP contribution in [-0.4, -0.2) is 53.8 Å². The summed E-state index contributed by atoms with van der Waals surface area (Å²) in [6, 6.07) is 12.4. The molecule has 0 saturated carbocycles. The number of piperidine rings is 1. The molecule has 1 aliphatic heterocycles.